The molecule has 2 saturated carbocycles. The van der Waals surface area contributed by atoms with Crippen LogP contribution in [0.15, 0.2) is 0 Å². The molecule has 2 nitrogen and oxygen atoms in total. The van der Waals surface area contributed by atoms with Gasteiger partial charge in [-0.1, -0.05) is 19.3 Å². The Morgan fingerprint density at radius 3 is 2.56 bits per heavy atom. The molecule has 0 aromatic rings. The second-order valence-electron chi connectivity index (χ2n) is 7.16. The number of nitrogens with zero attached hydrogens (tertiary/aromatic N) is 1. The summed E-state index contributed by atoms with van der Waals surface area (Å²) in [5.74, 6) is 2.06. The van der Waals surface area contributed by atoms with Crippen molar-refractivity contribution >= 4 is 0 Å². The van der Waals surface area contributed by atoms with Crippen molar-refractivity contribution in [3.8, 4) is 0 Å². The van der Waals surface area contributed by atoms with E-state index in [4.69, 9.17) is 5.73 Å². The first-order chi connectivity index (χ1) is 8.75. The minimum atomic E-state index is 0.366. The standard InChI is InChI=1S/C16H30N2/c1-13-5-2-3-10-18(13)16(12-17)9-4-6-15(11-16)14-7-8-14/h13-15H,2-12,17H2,1H3. The molecule has 2 N–H and O–H groups in total. The van der Waals surface area contributed by atoms with Crippen LogP contribution in [0.2, 0.25) is 0 Å². The first-order valence-electron chi connectivity index (χ1n) is 8.22. The second-order valence-corrected chi connectivity index (χ2v) is 7.16. The van der Waals surface area contributed by atoms with Gasteiger partial charge in [0.25, 0.3) is 0 Å². The molecular formula is C16H30N2. The summed E-state index contributed by atoms with van der Waals surface area (Å²) in [4.78, 5) is 2.81. The van der Waals surface area contributed by atoms with E-state index in [0.29, 0.717) is 5.54 Å². The van der Waals surface area contributed by atoms with Gasteiger partial charge in [-0.05, 0) is 63.8 Å². The molecular weight excluding hydrogens is 220 g/mol. The second kappa shape index (κ2) is 5.13. The van der Waals surface area contributed by atoms with E-state index in [1.807, 2.05) is 0 Å². The van der Waals surface area contributed by atoms with Crippen LogP contribution in [0, 0.1) is 11.8 Å². The Morgan fingerprint density at radius 2 is 1.89 bits per heavy atom. The van der Waals surface area contributed by atoms with E-state index < -0.39 is 0 Å². The van der Waals surface area contributed by atoms with E-state index in [1.165, 1.54) is 64.3 Å². The zero-order valence-corrected chi connectivity index (χ0v) is 12.0. The van der Waals surface area contributed by atoms with E-state index in [0.717, 1.165) is 24.4 Å². The lowest BCUT2D eigenvalue weighted by Crippen LogP contribution is -2.60. The van der Waals surface area contributed by atoms with Crippen LogP contribution in [0.4, 0.5) is 0 Å². The fraction of sp³-hybridized carbons (Fsp3) is 1.00. The molecule has 0 radical (unpaired) electrons. The Hall–Kier alpha value is -0.0800. The van der Waals surface area contributed by atoms with Gasteiger partial charge >= 0.3 is 0 Å². The topological polar surface area (TPSA) is 29.3 Å². The quantitative estimate of drug-likeness (QED) is 0.833. The van der Waals surface area contributed by atoms with Crippen LogP contribution in [-0.2, 0) is 0 Å². The molecule has 3 aliphatic rings. The Bertz CT molecular complexity index is 287. The number of hydrogen-bond acceptors (Lipinski definition) is 2. The lowest BCUT2D eigenvalue weighted by Gasteiger charge is -2.52. The SMILES string of the molecule is CC1CCCCN1C1(CN)CCCC(C2CC2)C1. The monoisotopic (exact) mass is 250 g/mol. The van der Waals surface area contributed by atoms with Gasteiger partial charge in [0.1, 0.15) is 0 Å². The van der Waals surface area contributed by atoms with Gasteiger partial charge in [0.15, 0.2) is 0 Å². The lowest BCUT2D eigenvalue weighted by atomic mass is 9.71. The first-order valence-corrected chi connectivity index (χ1v) is 8.22. The molecule has 0 aromatic heterocycles. The average molecular weight is 250 g/mol. The van der Waals surface area contributed by atoms with Crippen molar-refractivity contribution in [2.75, 3.05) is 13.1 Å². The summed E-state index contributed by atoms with van der Waals surface area (Å²) in [6, 6.07) is 0.764. The Balaban J connectivity index is 1.74. The van der Waals surface area contributed by atoms with Crippen molar-refractivity contribution in [1.29, 1.82) is 0 Å². The van der Waals surface area contributed by atoms with Crippen LogP contribution in [-0.4, -0.2) is 29.6 Å². The largest absolute Gasteiger partial charge is 0.329 e. The zero-order chi connectivity index (χ0) is 12.6. The zero-order valence-electron chi connectivity index (χ0n) is 12.0. The first kappa shape index (κ1) is 12.9. The Kier molecular flexibility index (Phi) is 3.68. The van der Waals surface area contributed by atoms with Crippen molar-refractivity contribution in [1.82, 2.24) is 4.90 Å². The smallest absolute Gasteiger partial charge is 0.0337 e. The number of rotatable bonds is 3. The predicted octanol–water partition coefficient (Wildman–Crippen LogP) is 3.16. The number of nitrogens with two attached hydrogens (primary N) is 1. The summed E-state index contributed by atoms with van der Waals surface area (Å²) in [5.41, 5.74) is 6.64. The van der Waals surface area contributed by atoms with Crippen molar-refractivity contribution in [2.24, 2.45) is 17.6 Å². The Morgan fingerprint density at radius 1 is 1.06 bits per heavy atom. The summed E-state index contributed by atoms with van der Waals surface area (Å²) in [6.45, 7) is 4.62. The van der Waals surface area contributed by atoms with Gasteiger partial charge in [0, 0.05) is 18.1 Å². The third kappa shape index (κ3) is 2.34. The molecule has 1 heterocycles. The normalized spacial score (nSPS) is 43.0. The molecule has 3 unspecified atom stereocenters. The molecule has 0 bridgehead atoms. The number of piperidine rings is 1. The highest BCUT2D eigenvalue weighted by Gasteiger charge is 2.45. The molecule has 2 heteroatoms. The van der Waals surface area contributed by atoms with Crippen molar-refractivity contribution in [3.05, 3.63) is 0 Å². The maximum absolute atomic E-state index is 6.27. The minimum absolute atomic E-state index is 0.366. The maximum Gasteiger partial charge on any atom is 0.0337 e. The van der Waals surface area contributed by atoms with Crippen molar-refractivity contribution in [2.45, 2.75) is 76.3 Å². The molecule has 1 saturated heterocycles. The van der Waals surface area contributed by atoms with E-state index in [2.05, 4.69) is 11.8 Å². The summed E-state index contributed by atoms with van der Waals surface area (Å²) >= 11 is 0. The summed E-state index contributed by atoms with van der Waals surface area (Å²) in [6.07, 6.45) is 12.9. The number of likely N-dealkylation sites (tertiary alicyclic amines) is 1. The van der Waals surface area contributed by atoms with Gasteiger partial charge in [0.05, 0.1) is 0 Å². The van der Waals surface area contributed by atoms with Crippen LogP contribution in [0.1, 0.15) is 64.7 Å². The molecule has 3 fully saturated rings. The van der Waals surface area contributed by atoms with E-state index in [-0.39, 0.29) is 0 Å². The molecule has 0 aromatic carbocycles. The van der Waals surface area contributed by atoms with Gasteiger partial charge in [-0.15, -0.1) is 0 Å². The van der Waals surface area contributed by atoms with Gasteiger partial charge in [-0.2, -0.15) is 0 Å². The molecule has 3 rings (SSSR count). The molecule has 3 atom stereocenters. The molecule has 0 spiro atoms. The molecule has 2 aliphatic carbocycles. The molecule has 104 valence electrons. The fourth-order valence-corrected chi connectivity index (χ4v) is 4.72. The lowest BCUT2D eigenvalue weighted by molar-refractivity contribution is -0.0139. The van der Waals surface area contributed by atoms with Crippen LogP contribution >= 0.6 is 0 Å². The van der Waals surface area contributed by atoms with Crippen LogP contribution in [0.5, 0.6) is 0 Å². The highest BCUT2D eigenvalue weighted by Crippen LogP contribution is 2.48. The highest BCUT2D eigenvalue weighted by molar-refractivity contribution is 5.01. The summed E-state index contributed by atoms with van der Waals surface area (Å²) in [5, 5.41) is 0. The van der Waals surface area contributed by atoms with E-state index >= 15 is 0 Å². The van der Waals surface area contributed by atoms with E-state index in [1.54, 1.807) is 0 Å². The third-order valence-corrected chi connectivity index (χ3v) is 5.94. The summed E-state index contributed by atoms with van der Waals surface area (Å²) in [7, 11) is 0. The minimum Gasteiger partial charge on any atom is -0.329 e. The molecule has 0 amide bonds. The average Bonchev–Trinajstić information content (AvgIpc) is 3.23. The van der Waals surface area contributed by atoms with Gasteiger partial charge in [0.2, 0.25) is 0 Å². The van der Waals surface area contributed by atoms with E-state index in [9.17, 15) is 0 Å². The predicted molar refractivity (Wildman–Crippen MR) is 76.5 cm³/mol. The molecule has 18 heavy (non-hydrogen) atoms. The van der Waals surface area contributed by atoms with Gasteiger partial charge in [-0.3, -0.25) is 4.90 Å². The van der Waals surface area contributed by atoms with Gasteiger partial charge in [-0.25, -0.2) is 0 Å². The number of hydrogen-bond donors (Lipinski definition) is 1. The highest BCUT2D eigenvalue weighted by atomic mass is 15.2. The van der Waals surface area contributed by atoms with Crippen LogP contribution in [0.25, 0.3) is 0 Å². The van der Waals surface area contributed by atoms with Gasteiger partial charge < -0.3 is 5.73 Å². The Labute approximate surface area is 112 Å². The van der Waals surface area contributed by atoms with Crippen molar-refractivity contribution < 1.29 is 0 Å². The third-order valence-electron chi connectivity index (χ3n) is 5.94. The van der Waals surface area contributed by atoms with Crippen molar-refractivity contribution in [3.63, 3.8) is 0 Å². The van der Waals surface area contributed by atoms with Crippen LogP contribution in [0.3, 0.4) is 0 Å². The summed E-state index contributed by atoms with van der Waals surface area (Å²) < 4.78 is 0. The maximum atomic E-state index is 6.27. The molecule has 1 aliphatic heterocycles. The fourth-order valence-electron chi connectivity index (χ4n) is 4.72. The van der Waals surface area contributed by atoms with Crippen LogP contribution < -0.4 is 5.73 Å².